The van der Waals surface area contributed by atoms with Crippen LogP contribution in [0.2, 0.25) is 5.02 Å². The molecule has 11 heteroatoms. The normalized spacial score (nSPS) is 14.7. The fourth-order valence-electron chi connectivity index (χ4n) is 3.01. The fourth-order valence-corrected chi connectivity index (χ4v) is 4.56. The van der Waals surface area contributed by atoms with Crippen LogP contribution in [0.4, 0.5) is 13.2 Å². The highest BCUT2D eigenvalue weighted by Gasteiger charge is 2.32. The number of fused-ring (bicyclic) bond motifs is 1. The molecular formula is C17H17ClF3N3O3S. The molecule has 2 aromatic rings. The SMILES string of the molecule is O=c1cc2c(nn1CCNS(=O)(=O)c1cc(C(F)(F)F)ccc1Cl)CCCC2. The third-order valence-corrected chi connectivity index (χ3v) is 6.38. The summed E-state index contributed by atoms with van der Waals surface area (Å²) in [6.45, 7) is -0.275. The summed E-state index contributed by atoms with van der Waals surface area (Å²) in [5, 5.41) is 3.93. The number of nitrogens with zero attached hydrogens (tertiary/aromatic N) is 2. The van der Waals surface area contributed by atoms with Crippen molar-refractivity contribution in [3.63, 3.8) is 0 Å². The lowest BCUT2D eigenvalue weighted by Crippen LogP contribution is -2.33. The first-order valence-corrected chi connectivity index (χ1v) is 10.4. The molecule has 0 atom stereocenters. The highest BCUT2D eigenvalue weighted by atomic mass is 35.5. The van der Waals surface area contributed by atoms with E-state index in [9.17, 15) is 26.4 Å². The van der Waals surface area contributed by atoms with E-state index in [4.69, 9.17) is 11.6 Å². The summed E-state index contributed by atoms with van der Waals surface area (Å²) in [5.74, 6) is 0. The molecule has 152 valence electrons. The Balaban J connectivity index is 1.75. The van der Waals surface area contributed by atoms with E-state index in [2.05, 4.69) is 9.82 Å². The van der Waals surface area contributed by atoms with E-state index in [1.54, 1.807) is 0 Å². The van der Waals surface area contributed by atoms with Crippen LogP contribution in [0, 0.1) is 0 Å². The fraction of sp³-hybridized carbons (Fsp3) is 0.412. The molecule has 0 radical (unpaired) electrons. The van der Waals surface area contributed by atoms with Gasteiger partial charge in [-0.25, -0.2) is 17.8 Å². The first kappa shape index (κ1) is 20.8. The zero-order valence-corrected chi connectivity index (χ0v) is 16.2. The second kappa shape index (κ2) is 7.84. The molecule has 0 saturated carbocycles. The average molecular weight is 436 g/mol. The first-order chi connectivity index (χ1) is 13.1. The van der Waals surface area contributed by atoms with E-state index < -0.39 is 26.7 Å². The van der Waals surface area contributed by atoms with Gasteiger partial charge in [-0.15, -0.1) is 0 Å². The average Bonchev–Trinajstić information content (AvgIpc) is 2.61. The van der Waals surface area contributed by atoms with Crippen LogP contribution in [0.3, 0.4) is 0 Å². The van der Waals surface area contributed by atoms with Crippen LogP contribution < -0.4 is 10.3 Å². The number of hydrogen-bond donors (Lipinski definition) is 1. The lowest BCUT2D eigenvalue weighted by atomic mass is 9.97. The number of alkyl halides is 3. The molecular weight excluding hydrogens is 419 g/mol. The molecule has 6 nitrogen and oxygen atoms in total. The third-order valence-electron chi connectivity index (χ3n) is 4.44. The zero-order chi connectivity index (χ0) is 20.5. The monoisotopic (exact) mass is 435 g/mol. The molecule has 0 saturated heterocycles. The number of hydrogen-bond acceptors (Lipinski definition) is 4. The summed E-state index contributed by atoms with van der Waals surface area (Å²) >= 11 is 5.78. The summed E-state index contributed by atoms with van der Waals surface area (Å²) in [6, 6.07) is 3.57. The number of halogens is 4. The van der Waals surface area contributed by atoms with Crippen molar-refractivity contribution in [3.05, 3.63) is 56.5 Å². The maximum Gasteiger partial charge on any atom is 0.416 e. The zero-order valence-electron chi connectivity index (χ0n) is 14.6. The number of aryl methyl sites for hydroxylation is 2. The van der Waals surface area contributed by atoms with Crippen LogP contribution in [0.25, 0.3) is 0 Å². The van der Waals surface area contributed by atoms with Gasteiger partial charge in [-0.3, -0.25) is 4.79 Å². The molecule has 1 aliphatic rings. The minimum atomic E-state index is -4.70. The first-order valence-electron chi connectivity index (χ1n) is 8.54. The number of aromatic nitrogens is 2. The standard InChI is InChI=1S/C17H17ClF3N3O3S/c18-13-6-5-12(17(19,20)21)10-15(13)28(26,27)22-7-8-24-16(25)9-11-3-1-2-4-14(11)23-24/h5-6,9-10,22H,1-4,7-8H2. The van der Waals surface area contributed by atoms with Gasteiger partial charge in [0.15, 0.2) is 0 Å². The van der Waals surface area contributed by atoms with Crippen LogP contribution in [0.15, 0.2) is 34.0 Å². The lowest BCUT2D eigenvalue weighted by molar-refractivity contribution is -0.137. The molecule has 1 heterocycles. The molecule has 3 rings (SSSR count). The molecule has 0 unspecified atom stereocenters. The number of benzene rings is 1. The Kier molecular flexibility index (Phi) is 5.83. The maximum absolute atomic E-state index is 12.8. The molecule has 0 spiro atoms. The Labute approximate surface area is 164 Å². The van der Waals surface area contributed by atoms with Crippen molar-refractivity contribution in [2.75, 3.05) is 6.54 Å². The largest absolute Gasteiger partial charge is 0.416 e. The van der Waals surface area contributed by atoms with Gasteiger partial charge in [0.2, 0.25) is 10.0 Å². The van der Waals surface area contributed by atoms with Crippen molar-refractivity contribution in [3.8, 4) is 0 Å². The summed E-state index contributed by atoms with van der Waals surface area (Å²) in [6.07, 6.45) is -1.19. The summed E-state index contributed by atoms with van der Waals surface area (Å²) in [7, 11) is -4.30. The highest BCUT2D eigenvalue weighted by Crippen LogP contribution is 2.33. The quantitative estimate of drug-likeness (QED) is 0.783. The van der Waals surface area contributed by atoms with Crippen LogP contribution in [0.5, 0.6) is 0 Å². The minimum Gasteiger partial charge on any atom is -0.268 e. The van der Waals surface area contributed by atoms with Gasteiger partial charge in [0.1, 0.15) is 4.90 Å². The molecule has 1 aliphatic carbocycles. The molecule has 0 fully saturated rings. The highest BCUT2D eigenvalue weighted by molar-refractivity contribution is 7.89. The van der Waals surface area contributed by atoms with Crippen molar-refractivity contribution in [1.82, 2.24) is 14.5 Å². The number of rotatable bonds is 5. The van der Waals surface area contributed by atoms with Crippen LogP contribution in [-0.4, -0.2) is 24.7 Å². The van der Waals surface area contributed by atoms with E-state index >= 15 is 0 Å². The van der Waals surface area contributed by atoms with E-state index in [0.717, 1.165) is 47.7 Å². The predicted molar refractivity (Wildman–Crippen MR) is 96.8 cm³/mol. The van der Waals surface area contributed by atoms with Crippen molar-refractivity contribution in [2.24, 2.45) is 0 Å². The Morgan fingerprint density at radius 1 is 1.18 bits per heavy atom. The Bertz CT molecular complexity index is 1050. The molecule has 0 amide bonds. The number of nitrogens with one attached hydrogen (secondary N) is 1. The Morgan fingerprint density at radius 2 is 1.89 bits per heavy atom. The van der Waals surface area contributed by atoms with Crippen LogP contribution >= 0.6 is 11.6 Å². The summed E-state index contributed by atoms with van der Waals surface area (Å²) in [4.78, 5) is 11.4. The van der Waals surface area contributed by atoms with Gasteiger partial charge in [-0.05, 0) is 49.4 Å². The third kappa shape index (κ3) is 4.56. The van der Waals surface area contributed by atoms with Gasteiger partial charge >= 0.3 is 6.18 Å². The van der Waals surface area contributed by atoms with E-state index in [1.807, 2.05) is 0 Å². The summed E-state index contributed by atoms with van der Waals surface area (Å²) in [5.41, 5.74) is 0.250. The van der Waals surface area contributed by atoms with Gasteiger partial charge in [0, 0.05) is 12.6 Å². The second-order valence-electron chi connectivity index (χ2n) is 6.43. The smallest absolute Gasteiger partial charge is 0.268 e. The Morgan fingerprint density at radius 3 is 2.61 bits per heavy atom. The van der Waals surface area contributed by atoms with E-state index in [1.165, 1.54) is 6.07 Å². The summed E-state index contributed by atoms with van der Waals surface area (Å²) < 4.78 is 66.6. The second-order valence-corrected chi connectivity index (χ2v) is 8.57. The molecule has 1 aromatic heterocycles. The Hall–Kier alpha value is -1.91. The molecule has 1 N–H and O–H groups in total. The van der Waals surface area contributed by atoms with Crippen molar-refractivity contribution < 1.29 is 21.6 Å². The van der Waals surface area contributed by atoms with Crippen molar-refractivity contribution in [1.29, 1.82) is 0 Å². The topological polar surface area (TPSA) is 81.1 Å². The molecule has 0 bridgehead atoms. The van der Waals surface area contributed by atoms with Gasteiger partial charge in [0.25, 0.3) is 5.56 Å². The van der Waals surface area contributed by atoms with Gasteiger partial charge in [-0.2, -0.15) is 18.3 Å². The van der Waals surface area contributed by atoms with Crippen molar-refractivity contribution >= 4 is 21.6 Å². The van der Waals surface area contributed by atoms with E-state index in [0.29, 0.717) is 12.1 Å². The predicted octanol–water partition coefficient (Wildman–Crippen LogP) is 2.77. The van der Waals surface area contributed by atoms with Crippen LogP contribution in [-0.2, 0) is 35.6 Å². The van der Waals surface area contributed by atoms with Crippen LogP contribution in [0.1, 0.15) is 29.7 Å². The number of sulfonamides is 1. The molecule has 28 heavy (non-hydrogen) atoms. The molecule has 1 aromatic carbocycles. The minimum absolute atomic E-state index is 0.0536. The van der Waals surface area contributed by atoms with Gasteiger partial charge in [0.05, 0.1) is 22.8 Å². The maximum atomic E-state index is 12.8. The van der Waals surface area contributed by atoms with Crippen molar-refractivity contribution in [2.45, 2.75) is 43.3 Å². The van der Waals surface area contributed by atoms with Gasteiger partial charge in [-0.1, -0.05) is 11.6 Å². The lowest BCUT2D eigenvalue weighted by Gasteiger charge is -2.16. The van der Waals surface area contributed by atoms with Gasteiger partial charge < -0.3 is 0 Å². The van der Waals surface area contributed by atoms with E-state index in [-0.39, 0.29) is 23.7 Å². The molecule has 0 aliphatic heterocycles.